The van der Waals surface area contributed by atoms with Gasteiger partial charge < -0.3 is 5.11 Å². The Kier molecular flexibility index (Phi) is 2.33. The Balaban J connectivity index is 2.65. The highest BCUT2D eigenvalue weighted by Gasteiger charge is 2.07. The number of rotatable bonds is 2. The summed E-state index contributed by atoms with van der Waals surface area (Å²) < 4.78 is 13.1. The largest absolute Gasteiger partial charge is 0.481 e. The minimum atomic E-state index is -0.981. The molecule has 2 rings (SSSR count). The third-order valence-electron chi connectivity index (χ3n) is 2.11. The first-order valence-corrected chi connectivity index (χ1v) is 4.42. The van der Waals surface area contributed by atoms with Crippen LogP contribution in [0.5, 0.6) is 0 Å². The molecule has 0 bridgehead atoms. The number of nitrogens with zero attached hydrogens (tertiary/aromatic N) is 1. The van der Waals surface area contributed by atoms with Gasteiger partial charge in [0.05, 0.1) is 11.9 Å². The number of carboxylic acid groups (broad SMARTS) is 1. The zero-order valence-electron chi connectivity index (χ0n) is 7.77. The second-order valence-electron chi connectivity index (χ2n) is 3.21. The number of halogens is 1. The van der Waals surface area contributed by atoms with Crippen molar-refractivity contribution in [1.82, 2.24) is 4.98 Å². The number of fused-ring (bicyclic) bond motifs is 1. The second-order valence-corrected chi connectivity index (χ2v) is 3.21. The molecule has 2 aromatic rings. The van der Waals surface area contributed by atoms with E-state index in [1.165, 1.54) is 12.1 Å². The molecule has 0 aliphatic rings. The van der Waals surface area contributed by atoms with E-state index in [0.717, 1.165) is 0 Å². The number of carboxylic acids is 1. The van der Waals surface area contributed by atoms with Crippen LogP contribution in [0.3, 0.4) is 0 Å². The predicted molar refractivity (Wildman–Crippen MR) is 53.0 cm³/mol. The molecule has 1 heterocycles. The van der Waals surface area contributed by atoms with Gasteiger partial charge >= 0.3 is 5.97 Å². The van der Waals surface area contributed by atoms with Crippen molar-refractivity contribution in [2.45, 2.75) is 6.42 Å². The zero-order chi connectivity index (χ0) is 10.8. The SMILES string of the molecule is O=C(O)Cc1cc(F)cc2ncccc12. The quantitative estimate of drug-likeness (QED) is 0.815. The molecule has 3 nitrogen and oxygen atoms in total. The Morgan fingerprint density at radius 1 is 1.47 bits per heavy atom. The fourth-order valence-corrected chi connectivity index (χ4v) is 1.53. The molecule has 0 aliphatic carbocycles. The van der Waals surface area contributed by atoms with Crippen LogP contribution < -0.4 is 0 Å². The van der Waals surface area contributed by atoms with Crippen LogP contribution in [0.4, 0.5) is 4.39 Å². The molecule has 0 aliphatic heterocycles. The lowest BCUT2D eigenvalue weighted by molar-refractivity contribution is -0.136. The fourth-order valence-electron chi connectivity index (χ4n) is 1.53. The van der Waals surface area contributed by atoms with Crippen LogP contribution in [0.1, 0.15) is 5.56 Å². The van der Waals surface area contributed by atoms with E-state index in [0.29, 0.717) is 16.5 Å². The summed E-state index contributed by atoms with van der Waals surface area (Å²) in [7, 11) is 0. The smallest absolute Gasteiger partial charge is 0.307 e. The summed E-state index contributed by atoms with van der Waals surface area (Å²) in [5, 5.41) is 9.36. The van der Waals surface area contributed by atoms with Crippen molar-refractivity contribution < 1.29 is 14.3 Å². The van der Waals surface area contributed by atoms with Crippen LogP contribution in [0.2, 0.25) is 0 Å². The Morgan fingerprint density at radius 3 is 3.00 bits per heavy atom. The lowest BCUT2D eigenvalue weighted by atomic mass is 10.1. The summed E-state index contributed by atoms with van der Waals surface area (Å²) in [4.78, 5) is 14.6. The Bertz CT molecular complexity index is 525. The third-order valence-corrected chi connectivity index (χ3v) is 2.11. The Morgan fingerprint density at radius 2 is 2.27 bits per heavy atom. The highest BCUT2D eigenvalue weighted by molar-refractivity contribution is 5.85. The average Bonchev–Trinajstić information content (AvgIpc) is 2.16. The molecule has 1 N–H and O–H groups in total. The van der Waals surface area contributed by atoms with Gasteiger partial charge in [0, 0.05) is 17.6 Å². The molecular formula is C11H8FNO2. The summed E-state index contributed by atoms with van der Waals surface area (Å²) in [6.45, 7) is 0. The maximum atomic E-state index is 13.1. The number of hydrogen-bond acceptors (Lipinski definition) is 2. The van der Waals surface area contributed by atoms with E-state index in [4.69, 9.17) is 5.11 Å². The molecule has 0 saturated heterocycles. The van der Waals surface area contributed by atoms with Gasteiger partial charge in [0.2, 0.25) is 0 Å². The van der Waals surface area contributed by atoms with Crippen molar-refractivity contribution >= 4 is 16.9 Å². The molecule has 0 fully saturated rings. The van der Waals surface area contributed by atoms with E-state index in [1.807, 2.05) is 0 Å². The minimum Gasteiger partial charge on any atom is -0.481 e. The monoisotopic (exact) mass is 205 g/mol. The first kappa shape index (κ1) is 9.58. The lowest BCUT2D eigenvalue weighted by Gasteiger charge is -2.03. The number of carbonyl (C=O) groups is 1. The number of aliphatic carboxylic acids is 1. The first-order chi connectivity index (χ1) is 7.16. The van der Waals surface area contributed by atoms with Crippen LogP contribution in [-0.2, 0) is 11.2 Å². The zero-order valence-corrected chi connectivity index (χ0v) is 7.77. The molecule has 0 unspecified atom stereocenters. The van der Waals surface area contributed by atoms with E-state index in [-0.39, 0.29) is 6.42 Å². The maximum absolute atomic E-state index is 13.1. The first-order valence-electron chi connectivity index (χ1n) is 4.42. The summed E-state index contributed by atoms with van der Waals surface area (Å²) in [6, 6.07) is 5.96. The standard InChI is InChI=1S/C11H8FNO2/c12-8-4-7(5-11(14)15)9-2-1-3-13-10(9)6-8/h1-4,6H,5H2,(H,14,15). The van der Waals surface area contributed by atoms with Gasteiger partial charge in [-0.05, 0) is 17.7 Å². The van der Waals surface area contributed by atoms with E-state index in [1.54, 1.807) is 18.3 Å². The van der Waals surface area contributed by atoms with E-state index >= 15 is 0 Å². The summed E-state index contributed by atoms with van der Waals surface area (Å²) in [5.41, 5.74) is 0.930. The number of pyridine rings is 1. The highest BCUT2D eigenvalue weighted by atomic mass is 19.1. The second kappa shape index (κ2) is 3.65. The molecule has 0 saturated carbocycles. The maximum Gasteiger partial charge on any atom is 0.307 e. The van der Waals surface area contributed by atoms with Crippen molar-refractivity contribution in [2.75, 3.05) is 0 Å². The molecule has 76 valence electrons. The minimum absolute atomic E-state index is 0.194. The highest BCUT2D eigenvalue weighted by Crippen LogP contribution is 2.19. The normalized spacial score (nSPS) is 10.5. The van der Waals surface area contributed by atoms with E-state index in [9.17, 15) is 9.18 Å². The third kappa shape index (κ3) is 1.93. The van der Waals surface area contributed by atoms with Gasteiger partial charge in [-0.2, -0.15) is 0 Å². The fraction of sp³-hybridized carbons (Fsp3) is 0.0909. The van der Waals surface area contributed by atoms with E-state index < -0.39 is 11.8 Å². The van der Waals surface area contributed by atoms with Crippen LogP contribution in [0.25, 0.3) is 10.9 Å². The topological polar surface area (TPSA) is 50.2 Å². The van der Waals surface area contributed by atoms with Gasteiger partial charge in [0.15, 0.2) is 0 Å². The molecule has 4 heteroatoms. The predicted octanol–water partition coefficient (Wildman–Crippen LogP) is 2.00. The molecule has 15 heavy (non-hydrogen) atoms. The molecule has 0 atom stereocenters. The molecule has 0 spiro atoms. The summed E-state index contributed by atoms with van der Waals surface area (Å²) >= 11 is 0. The number of aromatic nitrogens is 1. The molecule has 1 aromatic heterocycles. The Labute approximate surface area is 85.2 Å². The van der Waals surface area contributed by atoms with Gasteiger partial charge in [0.25, 0.3) is 0 Å². The van der Waals surface area contributed by atoms with Crippen molar-refractivity contribution in [3.8, 4) is 0 Å². The van der Waals surface area contributed by atoms with Crippen LogP contribution in [0.15, 0.2) is 30.5 Å². The molecule has 1 aromatic carbocycles. The van der Waals surface area contributed by atoms with Crippen molar-refractivity contribution in [3.63, 3.8) is 0 Å². The Hall–Kier alpha value is -1.97. The molecule has 0 radical (unpaired) electrons. The van der Waals surface area contributed by atoms with Crippen molar-refractivity contribution in [3.05, 3.63) is 41.8 Å². The summed E-state index contributed by atoms with van der Waals surface area (Å²) in [5.74, 6) is -1.44. The van der Waals surface area contributed by atoms with Crippen LogP contribution in [-0.4, -0.2) is 16.1 Å². The average molecular weight is 205 g/mol. The number of benzene rings is 1. The van der Waals surface area contributed by atoms with Crippen molar-refractivity contribution in [1.29, 1.82) is 0 Å². The van der Waals surface area contributed by atoms with Gasteiger partial charge in [-0.3, -0.25) is 9.78 Å². The van der Waals surface area contributed by atoms with Gasteiger partial charge in [-0.1, -0.05) is 6.07 Å². The van der Waals surface area contributed by atoms with E-state index in [2.05, 4.69) is 4.98 Å². The molecule has 0 amide bonds. The van der Waals surface area contributed by atoms with Gasteiger partial charge in [-0.25, -0.2) is 4.39 Å². The van der Waals surface area contributed by atoms with Crippen molar-refractivity contribution in [2.24, 2.45) is 0 Å². The van der Waals surface area contributed by atoms with Gasteiger partial charge in [-0.15, -0.1) is 0 Å². The van der Waals surface area contributed by atoms with Gasteiger partial charge in [0.1, 0.15) is 5.82 Å². The molecular weight excluding hydrogens is 197 g/mol. The number of hydrogen-bond donors (Lipinski definition) is 1. The van der Waals surface area contributed by atoms with Crippen LogP contribution in [0, 0.1) is 5.82 Å². The lowest BCUT2D eigenvalue weighted by Crippen LogP contribution is -2.01. The van der Waals surface area contributed by atoms with Crippen LogP contribution >= 0.6 is 0 Å². The summed E-state index contributed by atoms with van der Waals surface area (Å²) in [6.07, 6.45) is 1.35.